The van der Waals surface area contributed by atoms with Crippen LogP contribution in [0.3, 0.4) is 0 Å². The Morgan fingerprint density at radius 1 is 0.974 bits per heavy atom. The fourth-order valence-corrected chi connectivity index (χ4v) is 5.65. The molecule has 0 aromatic heterocycles. The van der Waals surface area contributed by atoms with Gasteiger partial charge in [-0.2, -0.15) is 0 Å². The molecule has 4 rings (SSSR count). The molecule has 1 saturated heterocycles. The highest BCUT2D eigenvalue weighted by molar-refractivity contribution is 9.10. The summed E-state index contributed by atoms with van der Waals surface area (Å²) in [5, 5.41) is 2.97. The third-order valence-corrected chi connectivity index (χ3v) is 7.59. The maximum Gasteiger partial charge on any atom is 0.243 e. The van der Waals surface area contributed by atoms with Gasteiger partial charge >= 0.3 is 0 Å². The van der Waals surface area contributed by atoms with Crippen LogP contribution in [-0.2, 0) is 32.1 Å². The Kier molecular flexibility index (Phi) is 9.15. The number of nitrogens with zero attached hydrogens (tertiary/aromatic N) is 2. The van der Waals surface area contributed by atoms with E-state index in [0.29, 0.717) is 19.3 Å². The highest BCUT2D eigenvalue weighted by Crippen LogP contribution is 2.35. The first kappa shape index (κ1) is 27.8. The molecular formula is C30H34BrN3O4. The largest absolute Gasteiger partial charge is 0.352 e. The van der Waals surface area contributed by atoms with E-state index in [1.54, 1.807) is 4.90 Å². The minimum Gasteiger partial charge on any atom is -0.352 e. The van der Waals surface area contributed by atoms with E-state index in [1.165, 1.54) is 4.90 Å². The molecule has 0 spiro atoms. The lowest BCUT2D eigenvalue weighted by Gasteiger charge is -2.32. The average Bonchev–Trinajstić information content (AvgIpc) is 3.14. The van der Waals surface area contributed by atoms with Gasteiger partial charge in [0.15, 0.2) is 0 Å². The van der Waals surface area contributed by atoms with Gasteiger partial charge in [-0.3, -0.25) is 24.1 Å². The predicted molar refractivity (Wildman–Crippen MR) is 149 cm³/mol. The van der Waals surface area contributed by atoms with Gasteiger partial charge in [-0.15, -0.1) is 0 Å². The summed E-state index contributed by atoms with van der Waals surface area (Å²) in [7, 11) is 0. The highest BCUT2D eigenvalue weighted by atomic mass is 79.9. The topological polar surface area (TPSA) is 86.8 Å². The molecule has 8 heteroatoms. The number of hydrogen-bond acceptors (Lipinski definition) is 4. The molecule has 200 valence electrons. The summed E-state index contributed by atoms with van der Waals surface area (Å²) in [5.41, 5.74) is 1.80. The van der Waals surface area contributed by atoms with Crippen LogP contribution < -0.4 is 5.32 Å². The SMILES string of the molecule is CC(C)NC(=O)C(Cc1ccccc1)N(Cc1cccc(Br)c1)C(=O)CCN1C(=O)[C@H]2CC=CC[C@H]2C1=O. The molecular weight excluding hydrogens is 546 g/mol. The Balaban J connectivity index is 1.59. The number of likely N-dealkylation sites (tertiary alicyclic amines) is 1. The van der Waals surface area contributed by atoms with Crippen molar-refractivity contribution in [2.24, 2.45) is 11.8 Å². The second-order valence-corrected chi connectivity index (χ2v) is 11.2. The van der Waals surface area contributed by atoms with Crippen LogP contribution in [0.15, 0.2) is 71.2 Å². The van der Waals surface area contributed by atoms with E-state index in [2.05, 4.69) is 21.2 Å². The van der Waals surface area contributed by atoms with E-state index in [4.69, 9.17) is 0 Å². The lowest BCUT2D eigenvalue weighted by Crippen LogP contribution is -2.52. The molecule has 7 nitrogen and oxygen atoms in total. The summed E-state index contributed by atoms with van der Waals surface area (Å²) in [6, 6.07) is 16.4. The molecule has 0 radical (unpaired) electrons. The highest BCUT2D eigenvalue weighted by Gasteiger charge is 2.47. The monoisotopic (exact) mass is 579 g/mol. The predicted octanol–water partition coefficient (Wildman–Crippen LogP) is 4.25. The van der Waals surface area contributed by atoms with Crippen LogP contribution in [-0.4, -0.2) is 52.1 Å². The van der Waals surface area contributed by atoms with Crippen LogP contribution in [0.1, 0.15) is 44.2 Å². The Hall–Kier alpha value is -3.26. The van der Waals surface area contributed by atoms with Crippen molar-refractivity contribution in [3.05, 3.63) is 82.3 Å². The number of carbonyl (C=O) groups excluding carboxylic acids is 4. The third kappa shape index (κ3) is 6.59. The van der Waals surface area contributed by atoms with Crippen molar-refractivity contribution < 1.29 is 19.2 Å². The van der Waals surface area contributed by atoms with Crippen molar-refractivity contribution >= 4 is 39.6 Å². The molecule has 38 heavy (non-hydrogen) atoms. The molecule has 1 aliphatic heterocycles. The molecule has 3 atom stereocenters. The normalized spacial score (nSPS) is 19.4. The minimum absolute atomic E-state index is 0.0162. The lowest BCUT2D eigenvalue weighted by atomic mass is 9.85. The van der Waals surface area contributed by atoms with Gasteiger partial charge in [0.25, 0.3) is 0 Å². The molecule has 0 saturated carbocycles. The zero-order chi connectivity index (χ0) is 27.2. The van der Waals surface area contributed by atoms with Gasteiger partial charge < -0.3 is 10.2 Å². The number of imide groups is 1. The van der Waals surface area contributed by atoms with Crippen molar-refractivity contribution in [1.29, 1.82) is 0 Å². The average molecular weight is 581 g/mol. The van der Waals surface area contributed by atoms with Crippen molar-refractivity contribution in [3.63, 3.8) is 0 Å². The molecule has 0 bridgehead atoms. The van der Waals surface area contributed by atoms with Gasteiger partial charge in [-0.25, -0.2) is 0 Å². The zero-order valence-corrected chi connectivity index (χ0v) is 23.4. The number of benzene rings is 2. The zero-order valence-electron chi connectivity index (χ0n) is 21.8. The number of amides is 4. The maximum absolute atomic E-state index is 13.8. The van der Waals surface area contributed by atoms with Crippen LogP contribution >= 0.6 is 15.9 Å². The molecule has 1 fully saturated rings. The van der Waals surface area contributed by atoms with E-state index < -0.39 is 6.04 Å². The van der Waals surface area contributed by atoms with Crippen molar-refractivity contribution in [2.75, 3.05) is 6.54 Å². The molecule has 1 aliphatic carbocycles. The van der Waals surface area contributed by atoms with Gasteiger partial charge in [0.05, 0.1) is 11.8 Å². The molecule has 2 aliphatic rings. The second-order valence-electron chi connectivity index (χ2n) is 10.3. The Morgan fingerprint density at radius 3 is 2.21 bits per heavy atom. The first-order valence-corrected chi connectivity index (χ1v) is 13.9. The standard InChI is InChI=1S/C30H34BrN3O4/c1-20(2)32-28(36)26(18-21-9-4-3-5-10-21)34(19-22-11-8-12-23(31)17-22)27(35)15-16-33-29(37)24-13-6-7-14-25(24)30(33)38/h3-12,17,20,24-26H,13-16,18-19H2,1-2H3,(H,32,36)/t24-,25+,26?. The number of carbonyl (C=O) groups is 4. The molecule has 2 aromatic rings. The van der Waals surface area contributed by atoms with Crippen LogP contribution in [0.2, 0.25) is 0 Å². The fourth-order valence-electron chi connectivity index (χ4n) is 5.21. The quantitative estimate of drug-likeness (QED) is 0.336. The fraction of sp³-hybridized carbons (Fsp3) is 0.400. The smallest absolute Gasteiger partial charge is 0.243 e. The summed E-state index contributed by atoms with van der Waals surface area (Å²) in [6.07, 6.45) is 5.31. The molecule has 1 heterocycles. The van der Waals surface area contributed by atoms with Crippen LogP contribution in [0.5, 0.6) is 0 Å². The van der Waals surface area contributed by atoms with Crippen molar-refractivity contribution in [1.82, 2.24) is 15.1 Å². The summed E-state index contributed by atoms with van der Waals surface area (Å²) in [6.45, 7) is 4.01. The van der Waals surface area contributed by atoms with E-state index in [-0.39, 0.29) is 61.0 Å². The number of allylic oxidation sites excluding steroid dienone is 2. The summed E-state index contributed by atoms with van der Waals surface area (Å²) in [4.78, 5) is 56.0. The van der Waals surface area contributed by atoms with E-state index in [1.807, 2.05) is 80.6 Å². The van der Waals surface area contributed by atoms with Gasteiger partial charge in [0.1, 0.15) is 6.04 Å². The summed E-state index contributed by atoms with van der Waals surface area (Å²) < 4.78 is 0.873. The Morgan fingerprint density at radius 2 is 1.61 bits per heavy atom. The van der Waals surface area contributed by atoms with E-state index in [0.717, 1.165) is 15.6 Å². The Labute approximate surface area is 232 Å². The first-order chi connectivity index (χ1) is 18.2. The molecule has 2 aromatic carbocycles. The molecule has 1 unspecified atom stereocenters. The molecule has 1 N–H and O–H groups in total. The second kappa shape index (κ2) is 12.5. The number of nitrogens with one attached hydrogen (secondary N) is 1. The van der Waals surface area contributed by atoms with Gasteiger partial charge in [0.2, 0.25) is 23.6 Å². The van der Waals surface area contributed by atoms with E-state index >= 15 is 0 Å². The summed E-state index contributed by atoms with van der Waals surface area (Å²) in [5.74, 6) is -1.58. The lowest BCUT2D eigenvalue weighted by molar-refractivity contribution is -0.144. The Bertz CT molecular complexity index is 1190. The number of fused-ring (bicyclic) bond motifs is 1. The number of hydrogen-bond donors (Lipinski definition) is 1. The third-order valence-electron chi connectivity index (χ3n) is 7.09. The van der Waals surface area contributed by atoms with E-state index in [9.17, 15) is 19.2 Å². The van der Waals surface area contributed by atoms with Crippen molar-refractivity contribution in [3.8, 4) is 0 Å². The van der Waals surface area contributed by atoms with Crippen LogP contribution in [0.25, 0.3) is 0 Å². The molecule has 4 amide bonds. The van der Waals surface area contributed by atoms with Crippen LogP contribution in [0, 0.1) is 11.8 Å². The van der Waals surface area contributed by atoms with Crippen LogP contribution in [0.4, 0.5) is 0 Å². The maximum atomic E-state index is 13.8. The van der Waals surface area contributed by atoms with Gasteiger partial charge in [-0.05, 0) is 49.9 Å². The van der Waals surface area contributed by atoms with Gasteiger partial charge in [0, 0.05) is 36.4 Å². The minimum atomic E-state index is -0.761. The number of halogens is 1. The number of rotatable bonds is 10. The van der Waals surface area contributed by atoms with Gasteiger partial charge in [-0.1, -0.05) is 70.5 Å². The van der Waals surface area contributed by atoms with Crippen molar-refractivity contribution in [2.45, 2.75) is 58.2 Å². The first-order valence-electron chi connectivity index (χ1n) is 13.1. The summed E-state index contributed by atoms with van der Waals surface area (Å²) >= 11 is 3.49.